The maximum atomic E-state index is 12.3. The smallest absolute Gasteiger partial charge is 0.253 e. The Morgan fingerprint density at radius 1 is 1.22 bits per heavy atom. The highest BCUT2D eigenvalue weighted by Gasteiger charge is 2.23. The lowest BCUT2D eigenvalue weighted by Gasteiger charge is -2.33. The third-order valence-electron chi connectivity index (χ3n) is 5.75. The van der Waals surface area contributed by atoms with Gasteiger partial charge in [-0.05, 0) is 60.9 Å². The molecule has 1 aromatic carbocycles. The van der Waals surface area contributed by atoms with Gasteiger partial charge in [-0.3, -0.25) is 9.79 Å². The third-order valence-corrected chi connectivity index (χ3v) is 6.68. The highest BCUT2D eigenvalue weighted by molar-refractivity contribution is 14.0. The second kappa shape index (κ2) is 12.4. The lowest BCUT2D eigenvalue weighted by Crippen LogP contribution is -2.48. The molecule has 3 N–H and O–H groups in total. The molecule has 0 bridgehead atoms. The molecular weight excluding hydrogens is 537 g/mol. The van der Waals surface area contributed by atoms with Crippen molar-refractivity contribution in [3.63, 3.8) is 0 Å². The van der Waals surface area contributed by atoms with Gasteiger partial charge in [-0.25, -0.2) is 0 Å². The summed E-state index contributed by atoms with van der Waals surface area (Å²) in [6.07, 6.45) is 3.59. The van der Waals surface area contributed by atoms with E-state index in [1.165, 1.54) is 5.00 Å². The van der Waals surface area contributed by atoms with E-state index >= 15 is 0 Å². The predicted molar refractivity (Wildman–Crippen MR) is 142 cm³/mol. The minimum atomic E-state index is -0.323. The van der Waals surface area contributed by atoms with E-state index in [1.54, 1.807) is 18.4 Å². The fourth-order valence-electron chi connectivity index (χ4n) is 4.03. The molecule has 0 spiro atoms. The maximum absolute atomic E-state index is 12.3. The summed E-state index contributed by atoms with van der Waals surface area (Å²) in [5, 5.41) is 13.4. The van der Waals surface area contributed by atoms with E-state index in [1.807, 2.05) is 24.3 Å². The Hall–Kier alpha value is -1.85. The Morgan fingerprint density at radius 3 is 2.75 bits per heavy atom. The number of carbonyl (C=O) groups excluding carboxylic acids is 1. The second-order valence-electron chi connectivity index (χ2n) is 7.97. The number of halogens is 1. The minimum Gasteiger partial charge on any atom is -0.368 e. The Balaban J connectivity index is 0.00000289. The molecule has 2 saturated heterocycles. The molecule has 0 saturated carbocycles. The average molecular weight is 570 g/mol. The first-order valence-electron chi connectivity index (χ1n) is 11.0. The molecular formula is C23H32IN5O2S. The van der Waals surface area contributed by atoms with Crippen molar-refractivity contribution in [1.82, 2.24) is 10.6 Å². The first-order chi connectivity index (χ1) is 15.2. The van der Waals surface area contributed by atoms with Crippen LogP contribution in [0.4, 0.5) is 10.7 Å². The van der Waals surface area contributed by atoms with E-state index < -0.39 is 0 Å². The summed E-state index contributed by atoms with van der Waals surface area (Å²) in [7, 11) is 1.80. The molecule has 2 fully saturated rings. The minimum absolute atomic E-state index is 0. The number of hydrogen-bond donors (Lipinski definition) is 3. The van der Waals surface area contributed by atoms with Crippen LogP contribution in [0.2, 0.25) is 0 Å². The first kappa shape index (κ1) is 24.8. The van der Waals surface area contributed by atoms with Crippen molar-refractivity contribution in [3.8, 4) is 0 Å². The molecule has 9 heteroatoms. The Morgan fingerprint density at radius 2 is 2.06 bits per heavy atom. The fraction of sp³-hybridized carbons (Fsp3) is 0.478. The van der Waals surface area contributed by atoms with E-state index in [2.05, 4.69) is 43.4 Å². The molecule has 1 amide bonds. The van der Waals surface area contributed by atoms with E-state index in [4.69, 9.17) is 4.74 Å². The van der Waals surface area contributed by atoms with Gasteiger partial charge in [0.2, 0.25) is 0 Å². The number of amides is 1. The SMILES string of the molecule is CN=C(NCc1cccc(NC(=O)C2CCCO2)c1)NC1CCN(c2cccs2)CC1.I. The van der Waals surface area contributed by atoms with E-state index in [0.717, 1.165) is 56.0 Å². The summed E-state index contributed by atoms with van der Waals surface area (Å²) in [6, 6.07) is 12.6. The van der Waals surface area contributed by atoms with Gasteiger partial charge in [0.05, 0.1) is 5.00 Å². The summed E-state index contributed by atoms with van der Waals surface area (Å²) < 4.78 is 5.46. The van der Waals surface area contributed by atoms with Gasteiger partial charge < -0.3 is 25.6 Å². The molecule has 7 nitrogen and oxygen atoms in total. The summed E-state index contributed by atoms with van der Waals surface area (Å²) in [6.45, 7) is 3.42. The van der Waals surface area contributed by atoms with Crippen LogP contribution in [0, 0.1) is 0 Å². The van der Waals surface area contributed by atoms with Crippen LogP contribution in [-0.2, 0) is 16.1 Å². The van der Waals surface area contributed by atoms with Crippen LogP contribution in [0.5, 0.6) is 0 Å². The van der Waals surface area contributed by atoms with Crippen LogP contribution in [0.3, 0.4) is 0 Å². The number of ether oxygens (including phenoxy) is 1. The summed E-state index contributed by atoms with van der Waals surface area (Å²) in [4.78, 5) is 19.1. The standard InChI is InChI=1S/C23H31N5O2S.HI/c1-24-23(27-18-9-11-28(12-10-18)21-8-4-14-31-21)25-16-17-5-2-6-19(15-17)26-22(29)20-7-3-13-30-20;/h2,4-6,8,14-15,18,20H,3,7,9-13,16H2,1H3,(H,26,29)(H2,24,25,27);1H. The molecule has 3 heterocycles. The molecule has 32 heavy (non-hydrogen) atoms. The van der Waals surface area contributed by atoms with E-state index in [0.29, 0.717) is 19.2 Å². The van der Waals surface area contributed by atoms with Gasteiger partial charge in [-0.1, -0.05) is 12.1 Å². The molecule has 174 valence electrons. The highest BCUT2D eigenvalue weighted by Crippen LogP contribution is 2.24. The number of piperidine rings is 1. The van der Waals surface area contributed by atoms with Crippen molar-refractivity contribution in [2.75, 3.05) is 37.0 Å². The third kappa shape index (κ3) is 6.82. The number of rotatable bonds is 6. The van der Waals surface area contributed by atoms with Gasteiger partial charge in [0.25, 0.3) is 5.91 Å². The molecule has 1 atom stereocenters. The lowest BCUT2D eigenvalue weighted by molar-refractivity contribution is -0.124. The van der Waals surface area contributed by atoms with Crippen molar-refractivity contribution < 1.29 is 9.53 Å². The number of benzene rings is 1. The van der Waals surface area contributed by atoms with Gasteiger partial charge in [-0.15, -0.1) is 35.3 Å². The highest BCUT2D eigenvalue weighted by atomic mass is 127. The fourth-order valence-corrected chi connectivity index (χ4v) is 4.82. The topological polar surface area (TPSA) is 78.0 Å². The lowest BCUT2D eigenvalue weighted by atomic mass is 10.1. The molecule has 1 unspecified atom stereocenters. The van der Waals surface area contributed by atoms with Crippen LogP contribution < -0.4 is 20.9 Å². The monoisotopic (exact) mass is 569 g/mol. The van der Waals surface area contributed by atoms with Gasteiger partial charge in [0.1, 0.15) is 6.10 Å². The van der Waals surface area contributed by atoms with Crippen LogP contribution in [0.25, 0.3) is 0 Å². The molecule has 2 aromatic rings. The van der Waals surface area contributed by atoms with E-state index in [-0.39, 0.29) is 36.0 Å². The summed E-state index contributed by atoms with van der Waals surface area (Å²) >= 11 is 1.80. The van der Waals surface area contributed by atoms with Crippen LogP contribution in [0.1, 0.15) is 31.2 Å². The van der Waals surface area contributed by atoms with Crippen molar-refractivity contribution in [1.29, 1.82) is 0 Å². The van der Waals surface area contributed by atoms with Gasteiger partial charge in [0, 0.05) is 45.0 Å². The summed E-state index contributed by atoms with van der Waals surface area (Å²) in [5.74, 6) is 0.748. The molecule has 2 aliphatic rings. The maximum Gasteiger partial charge on any atom is 0.253 e. The normalized spacial score (nSPS) is 19.3. The number of anilines is 2. The number of guanidine groups is 1. The zero-order valence-corrected chi connectivity index (χ0v) is 21.5. The Kier molecular flexibility index (Phi) is 9.61. The van der Waals surface area contributed by atoms with Crippen molar-refractivity contribution in [3.05, 3.63) is 47.3 Å². The molecule has 1 aromatic heterocycles. The average Bonchev–Trinajstić information content (AvgIpc) is 3.52. The molecule has 0 radical (unpaired) electrons. The number of hydrogen-bond acceptors (Lipinski definition) is 5. The quantitative estimate of drug-likeness (QED) is 0.280. The second-order valence-corrected chi connectivity index (χ2v) is 8.90. The number of nitrogens with one attached hydrogen (secondary N) is 3. The molecule has 4 rings (SSSR count). The van der Waals surface area contributed by atoms with Crippen molar-refractivity contribution in [2.24, 2.45) is 4.99 Å². The molecule has 2 aliphatic heterocycles. The number of nitrogens with zero attached hydrogens (tertiary/aromatic N) is 2. The number of thiophene rings is 1. The van der Waals surface area contributed by atoms with Gasteiger partial charge in [0.15, 0.2) is 5.96 Å². The molecule has 0 aliphatic carbocycles. The largest absolute Gasteiger partial charge is 0.368 e. The number of aliphatic imine (C=N–C) groups is 1. The van der Waals surface area contributed by atoms with Crippen LogP contribution in [-0.4, -0.2) is 50.8 Å². The predicted octanol–water partition coefficient (Wildman–Crippen LogP) is 3.82. The number of carbonyl (C=O) groups is 1. The van der Waals surface area contributed by atoms with Gasteiger partial charge >= 0.3 is 0 Å². The summed E-state index contributed by atoms with van der Waals surface area (Å²) in [5.41, 5.74) is 1.88. The first-order valence-corrected chi connectivity index (χ1v) is 11.9. The zero-order valence-electron chi connectivity index (χ0n) is 18.4. The Bertz CT molecular complexity index is 878. The zero-order chi connectivity index (χ0) is 21.5. The van der Waals surface area contributed by atoms with Gasteiger partial charge in [-0.2, -0.15) is 0 Å². The van der Waals surface area contributed by atoms with Crippen LogP contribution >= 0.6 is 35.3 Å². The Labute approximate surface area is 211 Å². The van der Waals surface area contributed by atoms with Crippen molar-refractivity contribution in [2.45, 2.75) is 44.4 Å². The van der Waals surface area contributed by atoms with Crippen LogP contribution in [0.15, 0.2) is 46.8 Å². The van der Waals surface area contributed by atoms with E-state index in [9.17, 15) is 4.79 Å². The van der Waals surface area contributed by atoms with Crippen molar-refractivity contribution >= 4 is 57.9 Å².